The van der Waals surface area contributed by atoms with E-state index in [0.29, 0.717) is 36.9 Å². The number of nitrogens with two attached hydrogens (primary N) is 2. The van der Waals surface area contributed by atoms with Gasteiger partial charge >= 0.3 is 5.97 Å². The highest BCUT2D eigenvalue weighted by Crippen LogP contribution is 2.20. The number of aromatic hydroxyl groups is 1. The van der Waals surface area contributed by atoms with Crippen molar-refractivity contribution in [1.82, 2.24) is 26.2 Å². The lowest BCUT2D eigenvalue weighted by molar-refractivity contribution is -0.142. The Morgan fingerprint density at radius 2 is 1.48 bits per heavy atom. The van der Waals surface area contributed by atoms with E-state index in [-0.39, 0.29) is 38.0 Å². The third-order valence-electron chi connectivity index (χ3n) is 8.28. The molecule has 5 amide bonds. The summed E-state index contributed by atoms with van der Waals surface area (Å²) in [6.07, 6.45) is 2.03. The molecule has 0 radical (unpaired) electrons. The predicted molar refractivity (Wildman–Crippen MR) is 181 cm³/mol. The van der Waals surface area contributed by atoms with Crippen molar-refractivity contribution in [1.29, 1.82) is 0 Å². The summed E-state index contributed by atoms with van der Waals surface area (Å²) in [6.45, 7) is -0.613. The second kappa shape index (κ2) is 19.8. The molecule has 1 saturated heterocycles. The van der Waals surface area contributed by atoms with Gasteiger partial charge in [-0.2, -0.15) is 0 Å². The molecule has 50 heavy (non-hydrogen) atoms. The molecule has 5 atom stereocenters. The van der Waals surface area contributed by atoms with Gasteiger partial charge in [0.25, 0.3) is 0 Å². The maximum absolute atomic E-state index is 13.7. The van der Waals surface area contributed by atoms with Crippen LogP contribution in [-0.4, -0.2) is 112 Å². The molecule has 0 unspecified atom stereocenters. The van der Waals surface area contributed by atoms with Crippen LogP contribution in [0.4, 0.5) is 0 Å². The Morgan fingerprint density at radius 3 is 2.12 bits per heavy atom. The average Bonchev–Trinajstić information content (AvgIpc) is 3.60. The van der Waals surface area contributed by atoms with E-state index >= 15 is 0 Å². The Balaban J connectivity index is 1.64. The number of benzene rings is 2. The summed E-state index contributed by atoms with van der Waals surface area (Å²) in [4.78, 5) is 78.9. The van der Waals surface area contributed by atoms with E-state index < -0.39 is 78.9 Å². The van der Waals surface area contributed by atoms with E-state index in [1.807, 2.05) is 0 Å². The van der Waals surface area contributed by atoms with Gasteiger partial charge in [-0.25, -0.2) is 4.79 Å². The largest absolute Gasteiger partial charge is 0.508 e. The molecule has 16 heteroatoms. The van der Waals surface area contributed by atoms with Crippen LogP contribution < -0.4 is 32.7 Å². The quantitative estimate of drug-likeness (QED) is 0.0745. The number of carbonyl (C=O) groups is 6. The Labute approximate surface area is 290 Å². The van der Waals surface area contributed by atoms with E-state index in [4.69, 9.17) is 11.5 Å². The van der Waals surface area contributed by atoms with Crippen LogP contribution in [0.5, 0.6) is 5.75 Å². The third kappa shape index (κ3) is 12.1. The number of likely N-dealkylation sites (tertiary alicyclic amines) is 1. The number of carbonyl (C=O) groups excluding carboxylic acids is 5. The minimum Gasteiger partial charge on any atom is -0.508 e. The smallest absolute Gasteiger partial charge is 0.326 e. The predicted octanol–water partition coefficient (Wildman–Crippen LogP) is -1.73. The monoisotopic (exact) mass is 697 g/mol. The van der Waals surface area contributed by atoms with Gasteiger partial charge in [-0.1, -0.05) is 42.5 Å². The maximum atomic E-state index is 13.7. The van der Waals surface area contributed by atoms with Crippen molar-refractivity contribution in [3.8, 4) is 5.75 Å². The lowest BCUT2D eigenvalue weighted by atomic mass is 10.0. The first kappa shape index (κ1) is 39.4. The SMILES string of the molecule is NCCCC[C@H](NC(=O)CNC(=O)[C@@H]1CCCN1C(=O)[C@H](Cc1ccc(O)cc1)NC(=O)[C@@H](N)CO)C(=O)N[C@@H](Cc1ccccc1)C(=O)O. The summed E-state index contributed by atoms with van der Waals surface area (Å²) in [5.74, 6) is -4.57. The van der Waals surface area contributed by atoms with Gasteiger partial charge in [-0.05, 0) is 61.9 Å². The van der Waals surface area contributed by atoms with Crippen LogP contribution in [-0.2, 0) is 41.6 Å². The van der Waals surface area contributed by atoms with Crippen LogP contribution >= 0.6 is 0 Å². The molecule has 2 aromatic rings. The lowest BCUT2D eigenvalue weighted by Gasteiger charge is -2.29. The molecule has 1 aliphatic heterocycles. The molecule has 16 nitrogen and oxygen atoms in total. The Bertz CT molecular complexity index is 1460. The molecule has 1 aliphatic rings. The number of aliphatic hydroxyl groups is 1. The van der Waals surface area contributed by atoms with Gasteiger partial charge in [-0.15, -0.1) is 0 Å². The van der Waals surface area contributed by atoms with Gasteiger partial charge in [0.2, 0.25) is 29.5 Å². The molecule has 1 fully saturated rings. The van der Waals surface area contributed by atoms with Crippen LogP contribution in [0.1, 0.15) is 43.2 Å². The van der Waals surface area contributed by atoms with E-state index in [2.05, 4.69) is 21.3 Å². The maximum Gasteiger partial charge on any atom is 0.326 e. The standard InChI is InChI=1S/C34H47N7O9/c35-15-5-4-9-25(31(46)40-27(34(49)50)18-21-7-2-1-3-8-21)38-29(44)19-37-32(47)28-10-6-16-41(28)33(48)26(39-30(45)24(36)20-42)17-22-11-13-23(43)14-12-22/h1-3,7-8,11-14,24-28,42-43H,4-6,9-10,15-20,35-36H2,(H,37,47)(H,38,44)(H,39,45)(H,40,46)(H,49,50)/t24-,25-,26-,27-,28-/m0/s1. The zero-order valence-electron chi connectivity index (χ0n) is 27.8. The van der Waals surface area contributed by atoms with Crippen LogP contribution in [0.3, 0.4) is 0 Å². The minimum absolute atomic E-state index is 0.0118. The first-order valence-electron chi connectivity index (χ1n) is 16.5. The van der Waals surface area contributed by atoms with Crippen molar-refractivity contribution in [2.45, 2.75) is 75.2 Å². The number of aliphatic carboxylic acids is 1. The second-order valence-corrected chi connectivity index (χ2v) is 12.1. The van der Waals surface area contributed by atoms with Gasteiger partial charge < -0.3 is 53.0 Å². The van der Waals surface area contributed by atoms with E-state index in [1.165, 1.54) is 17.0 Å². The Hall–Kier alpha value is -5.06. The molecule has 1 heterocycles. The number of phenolic OH excluding ortho intramolecular Hbond substituents is 1. The fraction of sp³-hybridized carbons (Fsp3) is 0.471. The summed E-state index contributed by atoms with van der Waals surface area (Å²) >= 11 is 0. The number of nitrogens with one attached hydrogen (secondary N) is 4. The normalized spacial score (nSPS) is 16.4. The van der Waals surface area contributed by atoms with E-state index in [0.717, 1.165) is 0 Å². The number of phenols is 1. The fourth-order valence-corrected chi connectivity index (χ4v) is 5.55. The van der Waals surface area contributed by atoms with Crippen molar-refractivity contribution >= 4 is 35.5 Å². The van der Waals surface area contributed by atoms with Crippen molar-refractivity contribution in [3.63, 3.8) is 0 Å². The topological polar surface area (TPSA) is 267 Å². The fourth-order valence-electron chi connectivity index (χ4n) is 5.55. The van der Waals surface area contributed by atoms with Gasteiger partial charge in [0.15, 0.2) is 0 Å². The number of unbranched alkanes of at least 4 members (excludes halogenated alkanes) is 1. The molecule has 0 aromatic heterocycles. The zero-order valence-corrected chi connectivity index (χ0v) is 27.8. The molecule has 0 bridgehead atoms. The molecular weight excluding hydrogens is 650 g/mol. The number of amides is 5. The zero-order chi connectivity index (χ0) is 36.6. The number of carboxylic acid groups (broad SMARTS) is 1. The summed E-state index contributed by atoms with van der Waals surface area (Å²) in [6, 6.07) is 9.06. The van der Waals surface area contributed by atoms with Crippen molar-refractivity contribution in [3.05, 3.63) is 65.7 Å². The molecule has 3 rings (SSSR count). The first-order chi connectivity index (χ1) is 23.9. The summed E-state index contributed by atoms with van der Waals surface area (Å²) in [7, 11) is 0. The average molecular weight is 698 g/mol. The number of nitrogens with zero attached hydrogens (tertiary/aromatic N) is 1. The second-order valence-electron chi connectivity index (χ2n) is 12.1. The number of hydrogen-bond donors (Lipinski definition) is 9. The number of carboxylic acids is 1. The van der Waals surface area contributed by atoms with Gasteiger partial charge in [0.1, 0.15) is 36.0 Å². The number of aliphatic hydroxyl groups excluding tert-OH is 1. The molecule has 2 aromatic carbocycles. The van der Waals surface area contributed by atoms with Crippen molar-refractivity contribution in [2.24, 2.45) is 11.5 Å². The third-order valence-corrected chi connectivity index (χ3v) is 8.28. The van der Waals surface area contributed by atoms with Crippen LogP contribution in [0.25, 0.3) is 0 Å². The van der Waals surface area contributed by atoms with Crippen LogP contribution in [0, 0.1) is 0 Å². The van der Waals surface area contributed by atoms with Crippen LogP contribution in [0.15, 0.2) is 54.6 Å². The molecule has 272 valence electrons. The minimum atomic E-state index is -1.28. The van der Waals surface area contributed by atoms with Crippen LogP contribution in [0.2, 0.25) is 0 Å². The molecule has 0 aliphatic carbocycles. The molecule has 0 spiro atoms. The lowest BCUT2D eigenvalue weighted by Crippen LogP contribution is -2.57. The molecule has 11 N–H and O–H groups in total. The molecule has 0 saturated carbocycles. The number of hydrogen-bond acceptors (Lipinski definition) is 10. The van der Waals surface area contributed by atoms with Gasteiger partial charge in [0, 0.05) is 19.4 Å². The Morgan fingerprint density at radius 1 is 0.840 bits per heavy atom. The number of rotatable bonds is 19. The highest BCUT2D eigenvalue weighted by molar-refractivity contribution is 5.95. The Kier molecular flexibility index (Phi) is 15.6. The van der Waals surface area contributed by atoms with Crippen molar-refractivity contribution < 1.29 is 44.1 Å². The summed E-state index contributed by atoms with van der Waals surface area (Å²) in [5.41, 5.74) is 12.6. The first-order valence-corrected chi connectivity index (χ1v) is 16.5. The highest BCUT2D eigenvalue weighted by Gasteiger charge is 2.38. The highest BCUT2D eigenvalue weighted by atomic mass is 16.4. The van der Waals surface area contributed by atoms with Gasteiger partial charge in [-0.3, -0.25) is 24.0 Å². The van der Waals surface area contributed by atoms with Gasteiger partial charge in [0.05, 0.1) is 13.2 Å². The van der Waals surface area contributed by atoms with E-state index in [9.17, 15) is 44.1 Å². The summed E-state index contributed by atoms with van der Waals surface area (Å²) in [5, 5.41) is 38.8. The van der Waals surface area contributed by atoms with Crippen molar-refractivity contribution in [2.75, 3.05) is 26.2 Å². The molecular formula is C34H47N7O9. The summed E-state index contributed by atoms with van der Waals surface area (Å²) < 4.78 is 0. The van der Waals surface area contributed by atoms with E-state index in [1.54, 1.807) is 42.5 Å².